The predicted molar refractivity (Wildman–Crippen MR) is 98.2 cm³/mol. The van der Waals surface area contributed by atoms with Gasteiger partial charge in [0.15, 0.2) is 5.82 Å². The van der Waals surface area contributed by atoms with Crippen LogP contribution in [0, 0.1) is 6.92 Å². The van der Waals surface area contributed by atoms with Crippen molar-refractivity contribution in [3.8, 4) is 17.1 Å². The number of nitrogens with zero attached hydrogens (tertiary/aromatic N) is 5. The Hall–Kier alpha value is -2.47. The Kier molecular flexibility index (Phi) is 3.85. The monoisotopic (exact) mass is 349 g/mol. The molecule has 0 saturated heterocycles. The van der Waals surface area contributed by atoms with Crippen molar-refractivity contribution in [3.63, 3.8) is 0 Å². The van der Waals surface area contributed by atoms with Crippen LogP contribution in [-0.2, 0) is 12.8 Å². The van der Waals surface area contributed by atoms with Crippen LogP contribution in [0.3, 0.4) is 0 Å². The van der Waals surface area contributed by atoms with E-state index in [2.05, 4.69) is 33.4 Å². The molecule has 1 aliphatic carbocycles. The third-order valence-electron chi connectivity index (χ3n) is 5.68. The van der Waals surface area contributed by atoms with Crippen LogP contribution in [-0.4, -0.2) is 44.0 Å². The summed E-state index contributed by atoms with van der Waals surface area (Å²) in [6.45, 7) is 4.13. The highest BCUT2D eigenvalue weighted by molar-refractivity contribution is 5.55. The van der Waals surface area contributed by atoms with E-state index in [9.17, 15) is 0 Å². The SMILES string of the molecule is Cc1noc(-c2ccc(-n3cc4c(n3)CCN(C3CCC3)CC4)cc2)n1. The number of fused-ring (bicyclic) bond motifs is 1. The number of hydrogen-bond donors (Lipinski definition) is 0. The molecule has 1 saturated carbocycles. The number of hydrogen-bond acceptors (Lipinski definition) is 5. The topological polar surface area (TPSA) is 60.0 Å². The molecule has 0 bridgehead atoms. The fraction of sp³-hybridized carbons (Fsp3) is 0.450. The van der Waals surface area contributed by atoms with Crippen molar-refractivity contribution in [2.45, 2.75) is 45.1 Å². The van der Waals surface area contributed by atoms with Crippen LogP contribution in [0.2, 0.25) is 0 Å². The van der Waals surface area contributed by atoms with Gasteiger partial charge in [0.25, 0.3) is 5.89 Å². The summed E-state index contributed by atoms with van der Waals surface area (Å²) >= 11 is 0. The van der Waals surface area contributed by atoms with Crippen LogP contribution in [0.1, 0.15) is 36.3 Å². The fourth-order valence-electron chi connectivity index (χ4n) is 3.91. The highest BCUT2D eigenvalue weighted by atomic mass is 16.5. The van der Waals surface area contributed by atoms with Gasteiger partial charge in [-0.15, -0.1) is 0 Å². The molecule has 0 amide bonds. The lowest BCUT2D eigenvalue weighted by atomic mass is 9.91. The molecule has 0 atom stereocenters. The maximum Gasteiger partial charge on any atom is 0.257 e. The van der Waals surface area contributed by atoms with Crippen molar-refractivity contribution in [1.29, 1.82) is 0 Å². The van der Waals surface area contributed by atoms with E-state index in [0.29, 0.717) is 11.7 Å². The summed E-state index contributed by atoms with van der Waals surface area (Å²) in [6, 6.07) is 8.96. The molecule has 3 heterocycles. The number of benzene rings is 1. The molecule has 134 valence electrons. The molecule has 6 nitrogen and oxygen atoms in total. The van der Waals surface area contributed by atoms with Crippen LogP contribution in [0.15, 0.2) is 35.0 Å². The maximum absolute atomic E-state index is 5.23. The molecule has 0 radical (unpaired) electrons. The molecule has 2 aromatic heterocycles. The minimum atomic E-state index is 0.557. The molecule has 0 N–H and O–H groups in total. The average Bonchev–Trinajstić information content (AvgIpc) is 3.18. The van der Waals surface area contributed by atoms with Gasteiger partial charge in [0, 0.05) is 37.3 Å². The Bertz CT molecular complexity index is 881. The third-order valence-corrected chi connectivity index (χ3v) is 5.68. The molecule has 0 spiro atoms. The molecule has 2 aliphatic rings. The standard InChI is InChI=1S/C20H23N5O/c1-14-21-20(26-23-14)15-5-7-18(8-6-15)25-13-16-9-11-24(17-3-2-4-17)12-10-19(16)22-25/h5-8,13,17H,2-4,9-12H2,1H3. The molecular weight excluding hydrogens is 326 g/mol. The molecule has 1 aromatic carbocycles. The van der Waals surface area contributed by atoms with E-state index in [0.717, 1.165) is 36.7 Å². The first-order chi connectivity index (χ1) is 12.8. The Labute approximate surface area is 152 Å². The van der Waals surface area contributed by atoms with Crippen LogP contribution < -0.4 is 0 Å². The Morgan fingerprint density at radius 2 is 1.88 bits per heavy atom. The lowest BCUT2D eigenvalue weighted by molar-refractivity contribution is 0.133. The maximum atomic E-state index is 5.23. The summed E-state index contributed by atoms with van der Waals surface area (Å²) in [7, 11) is 0. The van der Waals surface area contributed by atoms with Crippen LogP contribution in [0.5, 0.6) is 0 Å². The summed E-state index contributed by atoms with van der Waals surface area (Å²) < 4.78 is 7.24. The van der Waals surface area contributed by atoms with E-state index in [1.807, 2.05) is 23.7 Å². The Morgan fingerprint density at radius 1 is 1.08 bits per heavy atom. The van der Waals surface area contributed by atoms with Crippen molar-refractivity contribution >= 4 is 0 Å². The second-order valence-corrected chi connectivity index (χ2v) is 7.36. The second kappa shape index (κ2) is 6.36. The minimum Gasteiger partial charge on any atom is -0.334 e. The zero-order valence-electron chi connectivity index (χ0n) is 15.1. The molecule has 1 fully saturated rings. The average molecular weight is 349 g/mol. The molecule has 26 heavy (non-hydrogen) atoms. The van der Waals surface area contributed by atoms with Gasteiger partial charge in [0.05, 0.1) is 11.4 Å². The number of aromatic nitrogens is 4. The van der Waals surface area contributed by atoms with E-state index >= 15 is 0 Å². The van der Waals surface area contributed by atoms with Gasteiger partial charge in [-0.05, 0) is 56.0 Å². The highest BCUT2D eigenvalue weighted by Gasteiger charge is 2.27. The summed E-state index contributed by atoms with van der Waals surface area (Å²) in [6.07, 6.45) is 8.51. The number of rotatable bonds is 3. The van der Waals surface area contributed by atoms with Gasteiger partial charge in [-0.3, -0.25) is 4.90 Å². The van der Waals surface area contributed by atoms with E-state index in [1.165, 1.54) is 37.1 Å². The zero-order chi connectivity index (χ0) is 17.5. The third kappa shape index (κ3) is 2.84. The Balaban J connectivity index is 1.34. The van der Waals surface area contributed by atoms with Crippen molar-refractivity contribution in [1.82, 2.24) is 24.8 Å². The molecule has 5 rings (SSSR count). The second-order valence-electron chi connectivity index (χ2n) is 7.36. The van der Waals surface area contributed by atoms with Gasteiger partial charge >= 0.3 is 0 Å². The van der Waals surface area contributed by atoms with Crippen molar-refractivity contribution < 1.29 is 4.52 Å². The van der Waals surface area contributed by atoms with Crippen molar-refractivity contribution in [3.05, 3.63) is 47.5 Å². The van der Waals surface area contributed by atoms with Crippen LogP contribution in [0.25, 0.3) is 17.1 Å². The molecular formula is C20H23N5O. The molecule has 0 unspecified atom stereocenters. The lowest BCUT2D eigenvalue weighted by Crippen LogP contribution is -2.41. The molecule has 3 aromatic rings. The van der Waals surface area contributed by atoms with Gasteiger partial charge in [0.2, 0.25) is 0 Å². The van der Waals surface area contributed by atoms with Gasteiger partial charge < -0.3 is 4.52 Å². The molecule has 1 aliphatic heterocycles. The first kappa shape index (κ1) is 15.8. The van der Waals surface area contributed by atoms with Crippen molar-refractivity contribution in [2.75, 3.05) is 13.1 Å². The van der Waals surface area contributed by atoms with Gasteiger partial charge in [-0.25, -0.2) is 4.68 Å². The molecule has 6 heteroatoms. The fourth-order valence-corrected chi connectivity index (χ4v) is 3.91. The lowest BCUT2D eigenvalue weighted by Gasteiger charge is -2.36. The van der Waals surface area contributed by atoms with Crippen LogP contribution >= 0.6 is 0 Å². The van der Waals surface area contributed by atoms with E-state index in [-0.39, 0.29) is 0 Å². The smallest absolute Gasteiger partial charge is 0.257 e. The van der Waals surface area contributed by atoms with Gasteiger partial charge in [-0.2, -0.15) is 10.1 Å². The van der Waals surface area contributed by atoms with Gasteiger partial charge in [-0.1, -0.05) is 11.6 Å². The van der Waals surface area contributed by atoms with E-state index < -0.39 is 0 Å². The summed E-state index contributed by atoms with van der Waals surface area (Å²) in [5.41, 5.74) is 4.64. The summed E-state index contributed by atoms with van der Waals surface area (Å²) in [5, 5.41) is 8.71. The summed E-state index contributed by atoms with van der Waals surface area (Å²) in [5.74, 6) is 1.21. The van der Waals surface area contributed by atoms with Crippen molar-refractivity contribution in [2.24, 2.45) is 0 Å². The first-order valence-corrected chi connectivity index (χ1v) is 9.49. The minimum absolute atomic E-state index is 0.557. The quantitative estimate of drug-likeness (QED) is 0.727. The largest absolute Gasteiger partial charge is 0.334 e. The zero-order valence-corrected chi connectivity index (χ0v) is 15.1. The van der Waals surface area contributed by atoms with Gasteiger partial charge in [0.1, 0.15) is 0 Å². The van der Waals surface area contributed by atoms with E-state index in [1.54, 1.807) is 0 Å². The normalized spacial score (nSPS) is 18.3. The van der Waals surface area contributed by atoms with E-state index in [4.69, 9.17) is 9.62 Å². The Morgan fingerprint density at radius 3 is 2.58 bits per heavy atom. The number of aryl methyl sites for hydroxylation is 1. The summed E-state index contributed by atoms with van der Waals surface area (Å²) in [4.78, 5) is 6.94. The predicted octanol–water partition coefficient (Wildman–Crippen LogP) is 3.18. The first-order valence-electron chi connectivity index (χ1n) is 9.49. The van der Waals surface area contributed by atoms with Crippen LogP contribution in [0.4, 0.5) is 0 Å². The highest BCUT2D eigenvalue weighted by Crippen LogP contribution is 2.27.